The number of hydrogen-bond donors (Lipinski definition) is 1. The number of benzene rings is 1. The smallest absolute Gasteiger partial charge is 0.270 e. The zero-order chi connectivity index (χ0) is 16.0. The molecule has 3 aliphatic heterocycles. The number of piperidine rings is 3. The van der Waals surface area contributed by atoms with Gasteiger partial charge in [-0.3, -0.25) is 14.7 Å². The normalized spacial score (nSPS) is 27.5. The van der Waals surface area contributed by atoms with Gasteiger partial charge in [-0.15, -0.1) is 12.4 Å². The maximum atomic E-state index is 12.7. The van der Waals surface area contributed by atoms with E-state index >= 15 is 0 Å². The lowest BCUT2D eigenvalue weighted by Gasteiger charge is -2.56. The van der Waals surface area contributed by atoms with Gasteiger partial charge in [-0.1, -0.05) is 24.3 Å². The Morgan fingerprint density at radius 2 is 1.88 bits per heavy atom. The van der Waals surface area contributed by atoms with Crippen molar-refractivity contribution in [2.75, 3.05) is 13.1 Å². The van der Waals surface area contributed by atoms with Gasteiger partial charge < -0.3 is 5.32 Å². The van der Waals surface area contributed by atoms with Crippen LogP contribution in [-0.2, 0) is 0 Å². The van der Waals surface area contributed by atoms with Crippen molar-refractivity contribution in [3.05, 3.63) is 42.2 Å². The van der Waals surface area contributed by atoms with Gasteiger partial charge in [0, 0.05) is 23.2 Å². The number of hydrogen-bond acceptors (Lipinski definition) is 3. The molecule has 5 rings (SSSR count). The fourth-order valence-corrected chi connectivity index (χ4v) is 4.30. The number of nitrogens with zero attached hydrogens (tertiary/aromatic N) is 2. The fourth-order valence-electron chi connectivity index (χ4n) is 4.30. The topological polar surface area (TPSA) is 45.2 Å². The second-order valence-electron chi connectivity index (χ2n) is 7.35. The van der Waals surface area contributed by atoms with Crippen LogP contribution >= 0.6 is 12.4 Å². The Balaban J connectivity index is 0.00000169. The second-order valence-corrected chi connectivity index (χ2v) is 7.35. The van der Waals surface area contributed by atoms with Crippen LogP contribution in [0.5, 0.6) is 0 Å². The van der Waals surface area contributed by atoms with E-state index in [0.717, 1.165) is 23.9 Å². The summed E-state index contributed by atoms with van der Waals surface area (Å²) < 4.78 is 0. The highest BCUT2D eigenvalue weighted by atomic mass is 35.5. The van der Waals surface area contributed by atoms with E-state index in [1.54, 1.807) is 6.20 Å². The lowest BCUT2D eigenvalue weighted by atomic mass is 9.72. The van der Waals surface area contributed by atoms with Gasteiger partial charge in [0.1, 0.15) is 5.69 Å². The van der Waals surface area contributed by atoms with E-state index in [0.29, 0.717) is 11.6 Å². The lowest BCUT2D eigenvalue weighted by Crippen LogP contribution is -2.69. The summed E-state index contributed by atoms with van der Waals surface area (Å²) in [6.45, 7) is 6.80. The molecule has 128 valence electrons. The minimum atomic E-state index is -0.0532. The van der Waals surface area contributed by atoms with Gasteiger partial charge in [0.15, 0.2) is 0 Å². The monoisotopic (exact) mass is 345 g/mol. The van der Waals surface area contributed by atoms with Crippen molar-refractivity contribution in [1.29, 1.82) is 0 Å². The fraction of sp³-hybridized carbons (Fsp3) is 0.474. The van der Waals surface area contributed by atoms with Crippen molar-refractivity contribution in [3.63, 3.8) is 0 Å². The third-order valence-electron chi connectivity index (χ3n) is 5.74. The van der Waals surface area contributed by atoms with Crippen LogP contribution in [0, 0.1) is 5.92 Å². The lowest BCUT2D eigenvalue weighted by molar-refractivity contribution is -0.0378. The first kappa shape index (κ1) is 17.2. The van der Waals surface area contributed by atoms with Gasteiger partial charge in [0.05, 0.1) is 0 Å². The van der Waals surface area contributed by atoms with E-state index in [2.05, 4.69) is 29.0 Å². The molecule has 3 fully saturated rings. The van der Waals surface area contributed by atoms with Gasteiger partial charge in [0.2, 0.25) is 0 Å². The van der Waals surface area contributed by atoms with Crippen molar-refractivity contribution < 1.29 is 4.79 Å². The Morgan fingerprint density at radius 3 is 2.54 bits per heavy atom. The van der Waals surface area contributed by atoms with Gasteiger partial charge in [0.25, 0.3) is 5.91 Å². The maximum absolute atomic E-state index is 12.7. The Morgan fingerprint density at radius 1 is 1.21 bits per heavy atom. The molecule has 24 heavy (non-hydrogen) atoms. The summed E-state index contributed by atoms with van der Waals surface area (Å²) in [5.74, 6) is 0.530. The summed E-state index contributed by atoms with van der Waals surface area (Å²) in [6.07, 6.45) is 4.14. The second kappa shape index (κ2) is 6.34. The van der Waals surface area contributed by atoms with Gasteiger partial charge in [-0.2, -0.15) is 0 Å². The number of aromatic nitrogens is 1. The van der Waals surface area contributed by atoms with Crippen molar-refractivity contribution in [2.45, 2.75) is 38.3 Å². The summed E-state index contributed by atoms with van der Waals surface area (Å²) in [5, 5.41) is 5.40. The molecule has 0 radical (unpaired) electrons. The SMILES string of the molecule is CC1(C)[C@H](NC(=O)c2cc3ccccc3cn2)C2CCN1CC2.Cl. The number of rotatable bonds is 2. The van der Waals surface area contributed by atoms with Crippen LogP contribution in [0.1, 0.15) is 37.2 Å². The summed E-state index contributed by atoms with van der Waals surface area (Å²) in [7, 11) is 0. The van der Waals surface area contributed by atoms with Crippen molar-refractivity contribution >= 4 is 29.1 Å². The van der Waals surface area contributed by atoms with E-state index in [9.17, 15) is 4.79 Å². The summed E-state index contributed by atoms with van der Waals surface area (Å²) in [5.41, 5.74) is 0.532. The Labute approximate surface area is 149 Å². The molecule has 2 bridgehead atoms. The van der Waals surface area contributed by atoms with Crippen LogP contribution in [0.15, 0.2) is 36.5 Å². The molecule has 0 unspecified atom stereocenters. The average molecular weight is 346 g/mol. The zero-order valence-corrected chi connectivity index (χ0v) is 15.0. The molecule has 5 heteroatoms. The molecular formula is C19H24ClN3O. The molecule has 0 saturated carbocycles. The van der Waals surface area contributed by atoms with Crippen LogP contribution in [0.3, 0.4) is 0 Å². The van der Waals surface area contributed by atoms with Crippen molar-refractivity contribution in [1.82, 2.24) is 15.2 Å². The first-order chi connectivity index (χ1) is 11.1. The largest absolute Gasteiger partial charge is 0.346 e. The minimum Gasteiger partial charge on any atom is -0.346 e. The van der Waals surface area contributed by atoms with Crippen LogP contribution in [0.2, 0.25) is 0 Å². The van der Waals surface area contributed by atoms with E-state index in [4.69, 9.17) is 0 Å². The van der Waals surface area contributed by atoms with Crippen LogP contribution in [-0.4, -0.2) is 40.5 Å². The third-order valence-corrected chi connectivity index (χ3v) is 5.74. The maximum Gasteiger partial charge on any atom is 0.270 e. The number of nitrogens with one attached hydrogen (secondary N) is 1. The number of carbonyl (C=O) groups is 1. The molecular weight excluding hydrogens is 322 g/mol. The summed E-state index contributed by atoms with van der Waals surface area (Å²) in [6, 6.07) is 10.1. The first-order valence-electron chi connectivity index (χ1n) is 8.46. The molecule has 1 N–H and O–H groups in total. The van der Waals surface area contributed by atoms with E-state index in [1.807, 2.05) is 30.3 Å². The molecule has 4 heterocycles. The number of pyridine rings is 1. The minimum absolute atomic E-state index is 0. The number of fused-ring (bicyclic) bond motifs is 4. The third kappa shape index (κ3) is 2.78. The molecule has 4 nitrogen and oxygen atoms in total. The van der Waals surface area contributed by atoms with Gasteiger partial charge in [-0.05, 0) is 57.1 Å². The Bertz CT molecular complexity index is 753. The molecule has 3 saturated heterocycles. The highest BCUT2D eigenvalue weighted by Crippen LogP contribution is 2.39. The Kier molecular flexibility index (Phi) is 4.54. The zero-order valence-electron chi connectivity index (χ0n) is 14.2. The van der Waals surface area contributed by atoms with E-state index in [-0.39, 0.29) is 29.9 Å². The predicted molar refractivity (Wildman–Crippen MR) is 98.6 cm³/mol. The van der Waals surface area contributed by atoms with E-state index < -0.39 is 0 Å². The highest BCUT2D eigenvalue weighted by Gasteiger charge is 2.48. The molecule has 1 amide bonds. The number of amides is 1. The Hall–Kier alpha value is -1.65. The highest BCUT2D eigenvalue weighted by molar-refractivity contribution is 5.96. The van der Waals surface area contributed by atoms with Gasteiger partial charge in [-0.25, -0.2) is 0 Å². The first-order valence-corrected chi connectivity index (χ1v) is 8.46. The molecule has 1 aromatic heterocycles. The van der Waals surface area contributed by atoms with Crippen LogP contribution in [0.4, 0.5) is 0 Å². The van der Waals surface area contributed by atoms with E-state index in [1.165, 1.54) is 12.8 Å². The van der Waals surface area contributed by atoms with Crippen molar-refractivity contribution in [3.8, 4) is 0 Å². The summed E-state index contributed by atoms with van der Waals surface area (Å²) in [4.78, 5) is 19.6. The molecule has 2 aromatic rings. The molecule has 0 aliphatic carbocycles. The van der Waals surface area contributed by atoms with Gasteiger partial charge >= 0.3 is 0 Å². The standard InChI is InChI=1S/C19H23N3O.ClH/c1-19(2)17(13-7-9-22(19)10-8-13)21-18(23)16-11-14-5-3-4-6-15(14)12-20-16;/h3-6,11-13,17H,7-10H2,1-2H3,(H,21,23);1H/t17-;/m1./s1. The molecule has 1 atom stereocenters. The average Bonchev–Trinajstić information content (AvgIpc) is 2.58. The predicted octanol–water partition coefficient (Wildman–Crippen LogP) is 3.26. The summed E-state index contributed by atoms with van der Waals surface area (Å²) >= 11 is 0. The van der Waals surface area contributed by atoms with Crippen LogP contribution < -0.4 is 5.32 Å². The molecule has 1 aromatic carbocycles. The van der Waals surface area contributed by atoms with Crippen LogP contribution in [0.25, 0.3) is 10.8 Å². The van der Waals surface area contributed by atoms with Crippen molar-refractivity contribution in [2.24, 2.45) is 5.92 Å². The number of carbonyl (C=O) groups excluding carboxylic acids is 1. The molecule has 3 aliphatic rings. The number of halogens is 1. The quantitative estimate of drug-likeness (QED) is 0.908. The molecule has 0 spiro atoms.